The average Bonchev–Trinajstić information content (AvgIpc) is 3.16. The van der Waals surface area contributed by atoms with Crippen LogP contribution >= 0.6 is 0 Å². The van der Waals surface area contributed by atoms with Gasteiger partial charge in [-0.3, -0.25) is 0 Å². The van der Waals surface area contributed by atoms with Gasteiger partial charge in [0.05, 0.1) is 6.20 Å². The first-order valence-corrected chi connectivity index (χ1v) is 7.92. The molecule has 0 bridgehead atoms. The Labute approximate surface area is 126 Å². The highest BCUT2D eigenvalue weighted by Gasteiger charge is 2.28. The predicted molar refractivity (Wildman–Crippen MR) is 83.0 cm³/mol. The molecule has 4 nitrogen and oxygen atoms in total. The lowest BCUT2D eigenvalue weighted by atomic mass is 10.2. The van der Waals surface area contributed by atoms with Crippen LogP contribution in [0.2, 0.25) is 0 Å². The Morgan fingerprint density at radius 2 is 2.19 bits per heavy atom. The van der Waals surface area contributed by atoms with Crippen molar-refractivity contribution in [1.82, 2.24) is 15.2 Å². The van der Waals surface area contributed by atoms with Gasteiger partial charge in [0.25, 0.3) is 0 Å². The SMILES string of the molecule is CN(C)CC1CCCN1c1ncc(F)cc1CNC1CC1. The van der Waals surface area contributed by atoms with Crippen molar-refractivity contribution >= 4 is 5.82 Å². The van der Waals surface area contributed by atoms with Gasteiger partial charge in [-0.2, -0.15) is 0 Å². The predicted octanol–water partition coefficient (Wildman–Crippen LogP) is 2.00. The van der Waals surface area contributed by atoms with Crippen LogP contribution in [0.1, 0.15) is 31.2 Å². The van der Waals surface area contributed by atoms with E-state index in [1.807, 2.05) is 0 Å². The molecule has 1 aliphatic carbocycles. The van der Waals surface area contributed by atoms with Crippen LogP contribution in [0.4, 0.5) is 10.2 Å². The summed E-state index contributed by atoms with van der Waals surface area (Å²) in [5.41, 5.74) is 0.993. The number of hydrogen-bond acceptors (Lipinski definition) is 4. The summed E-state index contributed by atoms with van der Waals surface area (Å²) in [5.74, 6) is 0.726. The summed E-state index contributed by atoms with van der Waals surface area (Å²) in [6, 6.07) is 2.75. The number of nitrogens with zero attached hydrogens (tertiary/aromatic N) is 3. The van der Waals surface area contributed by atoms with Crippen molar-refractivity contribution in [3.8, 4) is 0 Å². The summed E-state index contributed by atoms with van der Waals surface area (Å²) in [5, 5.41) is 3.48. The van der Waals surface area contributed by atoms with Crippen LogP contribution in [-0.2, 0) is 6.54 Å². The maximum absolute atomic E-state index is 13.6. The molecule has 0 amide bonds. The van der Waals surface area contributed by atoms with Crippen molar-refractivity contribution in [2.24, 2.45) is 0 Å². The zero-order chi connectivity index (χ0) is 14.8. The Morgan fingerprint density at radius 1 is 1.38 bits per heavy atom. The van der Waals surface area contributed by atoms with Gasteiger partial charge in [0, 0.05) is 37.3 Å². The molecule has 1 aromatic heterocycles. The Hall–Kier alpha value is -1.20. The summed E-state index contributed by atoms with van der Waals surface area (Å²) in [7, 11) is 4.20. The second kappa shape index (κ2) is 6.28. The van der Waals surface area contributed by atoms with Crippen LogP contribution in [0.15, 0.2) is 12.3 Å². The van der Waals surface area contributed by atoms with Gasteiger partial charge in [-0.05, 0) is 45.8 Å². The monoisotopic (exact) mass is 292 g/mol. The molecular formula is C16H25FN4. The molecule has 0 radical (unpaired) electrons. The summed E-state index contributed by atoms with van der Waals surface area (Å²) in [6.07, 6.45) is 6.21. The number of hydrogen-bond donors (Lipinski definition) is 1. The first-order chi connectivity index (χ1) is 10.1. The average molecular weight is 292 g/mol. The molecule has 2 aliphatic rings. The lowest BCUT2D eigenvalue weighted by molar-refractivity contribution is 0.371. The minimum absolute atomic E-state index is 0.241. The molecule has 21 heavy (non-hydrogen) atoms. The van der Waals surface area contributed by atoms with E-state index in [9.17, 15) is 4.39 Å². The fraction of sp³-hybridized carbons (Fsp3) is 0.688. The third kappa shape index (κ3) is 3.71. The molecule has 1 N–H and O–H groups in total. The van der Waals surface area contributed by atoms with E-state index >= 15 is 0 Å². The van der Waals surface area contributed by atoms with E-state index in [1.54, 1.807) is 6.07 Å². The Bertz CT molecular complexity index is 487. The topological polar surface area (TPSA) is 31.4 Å². The molecule has 2 fully saturated rings. The number of anilines is 1. The fourth-order valence-corrected chi connectivity index (χ4v) is 3.13. The first-order valence-electron chi connectivity index (χ1n) is 7.92. The molecule has 5 heteroatoms. The van der Waals surface area contributed by atoms with Gasteiger partial charge < -0.3 is 15.1 Å². The van der Waals surface area contributed by atoms with E-state index in [0.717, 1.165) is 31.0 Å². The summed E-state index contributed by atoms with van der Waals surface area (Å²) in [6.45, 7) is 2.76. The molecule has 3 rings (SSSR count). The largest absolute Gasteiger partial charge is 0.352 e. The van der Waals surface area contributed by atoms with Crippen LogP contribution in [0, 0.1) is 5.82 Å². The molecule has 1 unspecified atom stereocenters. The molecule has 0 spiro atoms. The first kappa shape index (κ1) is 14.7. The Kier molecular flexibility index (Phi) is 4.40. The quantitative estimate of drug-likeness (QED) is 0.869. The summed E-state index contributed by atoms with van der Waals surface area (Å²) in [4.78, 5) is 8.99. The van der Waals surface area contributed by atoms with Crippen molar-refractivity contribution in [3.05, 3.63) is 23.6 Å². The van der Waals surface area contributed by atoms with E-state index in [2.05, 4.69) is 34.2 Å². The lowest BCUT2D eigenvalue weighted by Crippen LogP contribution is -2.38. The number of aromatic nitrogens is 1. The smallest absolute Gasteiger partial charge is 0.141 e. The number of nitrogens with one attached hydrogen (secondary N) is 1. The Balaban J connectivity index is 1.78. The van der Waals surface area contributed by atoms with Gasteiger partial charge in [0.2, 0.25) is 0 Å². The van der Waals surface area contributed by atoms with Crippen molar-refractivity contribution in [2.45, 2.75) is 44.3 Å². The molecule has 2 heterocycles. The van der Waals surface area contributed by atoms with Crippen molar-refractivity contribution in [2.75, 3.05) is 32.1 Å². The van der Waals surface area contributed by atoms with Gasteiger partial charge >= 0.3 is 0 Å². The van der Waals surface area contributed by atoms with Gasteiger partial charge in [-0.1, -0.05) is 0 Å². The van der Waals surface area contributed by atoms with Gasteiger partial charge in [0.1, 0.15) is 11.6 Å². The molecule has 1 aliphatic heterocycles. The number of rotatable bonds is 6. The highest BCUT2D eigenvalue weighted by atomic mass is 19.1. The number of likely N-dealkylation sites (N-methyl/N-ethyl adjacent to an activating group) is 1. The summed E-state index contributed by atoms with van der Waals surface area (Å²) < 4.78 is 13.6. The second-order valence-corrected chi connectivity index (χ2v) is 6.54. The van der Waals surface area contributed by atoms with Crippen molar-refractivity contribution in [3.63, 3.8) is 0 Å². The van der Waals surface area contributed by atoms with Crippen molar-refractivity contribution in [1.29, 1.82) is 0 Å². The van der Waals surface area contributed by atoms with Crippen LogP contribution in [-0.4, -0.2) is 49.2 Å². The maximum Gasteiger partial charge on any atom is 0.141 e. The third-order valence-electron chi connectivity index (χ3n) is 4.29. The van der Waals surface area contributed by atoms with Crippen molar-refractivity contribution < 1.29 is 4.39 Å². The molecule has 1 saturated carbocycles. The molecule has 1 saturated heterocycles. The number of halogens is 1. The van der Waals surface area contributed by atoms with Crippen LogP contribution in [0.3, 0.4) is 0 Å². The van der Waals surface area contributed by atoms with E-state index in [4.69, 9.17) is 0 Å². The van der Waals surface area contributed by atoms with Crippen LogP contribution < -0.4 is 10.2 Å². The highest BCUT2D eigenvalue weighted by molar-refractivity contribution is 5.49. The fourth-order valence-electron chi connectivity index (χ4n) is 3.13. The summed E-state index contributed by atoms with van der Waals surface area (Å²) >= 11 is 0. The molecular weight excluding hydrogens is 267 g/mol. The minimum atomic E-state index is -0.241. The Morgan fingerprint density at radius 3 is 2.90 bits per heavy atom. The van der Waals surface area contributed by atoms with Gasteiger partial charge in [-0.15, -0.1) is 0 Å². The lowest BCUT2D eigenvalue weighted by Gasteiger charge is -2.29. The van der Waals surface area contributed by atoms with Gasteiger partial charge in [0.15, 0.2) is 0 Å². The standard InChI is InChI=1S/C16H25FN4/c1-20(2)11-15-4-3-7-21(15)16-12(8-13(17)10-19-16)9-18-14-5-6-14/h8,10,14-15,18H,3-7,9,11H2,1-2H3. The van der Waals surface area contributed by atoms with E-state index in [1.165, 1.54) is 31.9 Å². The van der Waals surface area contributed by atoms with Crippen LogP contribution in [0.5, 0.6) is 0 Å². The zero-order valence-electron chi connectivity index (χ0n) is 13.0. The highest BCUT2D eigenvalue weighted by Crippen LogP contribution is 2.28. The van der Waals surface area contributed by atoms with E-state index < -0.39 is 0 Å². The van der Waals surface area contributed by atoms with Gasteiger partial charge in [-0.25, -0.2) is 9.37 Å². The van der Waals surface area contributed by atoms with E-state index in [-0.39, 0.29) is 5.82 Å². The molecule has 1 aromatic rings. The second-order valence-electron chi connectivity index (χ2n) is 6.54. The minimum Gasteiger partial charge on any atom is -0.352 e. The maximum atomic E-state index is 13.6. The zero-order valence-corrected chi connectivity index (χ0v) is 13.0. The normalized spacial score (nSPS) is 22.3. The molecule has 1 atom stereocenters. The van der Waals surface area contributed by atoms with E-state index in [0.29, 0.717) is 12.1 Å². The van der Waals surface area contributed by atoms with Crippen LogP contribution in [0.25, 0.3) is 0 Å². The molecule has 0 aromatic carbocycles. The number of pyridine rings is 1. The molecule has 116 valence electrons. The third-order valence-corrected chi connectivity index (χ3v) is 4.29.